The number of aromatic nitrogens is 3. The number of rotatable bonds is 4. The molecule has 1 aromatic carbocycles. The van der Waals surface area contributed by atoms with Crippen molar-refractivity contribution in [3.05, 3.63) is 58.5 Å². The van der Waals surface area contributed by atoms with Crippen LogP contribution < -0.4 is 10.9 Å². The number of benzene rings is 1. The molecule has 0 saturated carbocycles. The van der Waals surface area contributed by atoms with E-state index in [0.29, 0.717) is 23.2 Å². The fraction of sp³-hybridized carbons (Fsp3) is 0.333. The Bertz CT molecular complexity index is 1020. The van der Waals surface area contributed by atoms with Crippen LogP contribution in [0.1, 0.15) is 18.9 Å². The van der Waals surface area contributed by atoms with Gasteiger partial charge in [0, 0.05) is 25.4 Å². The van der Waals surface area contributed by atoms with E-state index in [9.17, 15) is 9.59 Å². The molecule has 0 spiro atoms. The largest absolute Gasteiger partial charge is 0.445 e. The Balaban J connectivity index is 1.39. The zero-order valence-electron chi connectivity index (χ0n) is 14.8. The molecule has 3 heterocycles. The molecule has 0 aliphatic carbocycles. The van der Waals surface area contributed by atoms with Crippen LogP contribution in [0.3, 0.4) is 0 Å². The molecule has 1 saturated heterocycles. The number of carbonyl (C=O) groups is 1. The Morgan fingerprint density at radius 2 is 2.15 bits per heavy atom. The van der Waals surface area contributed by atoms with Gasteiger partial charge in [0.25, 0.3) is 5.56 Å². The molecule has 8 nitrogen and oxygen atoms in total. The Hall–Kier alpha value is -2.94. The van der Waals surface area contributed by atoms with E-state index in [-0.39, 0.29) is 23.8 Å². The van der Waals surface area contributed by atoms with Crippen LogP contribution in [-0.2, 0) is 11.3 Å². The molecule has 1 N–H and O–H groups in total. The molecular weight excluding hydrogens is 366 g/mol. The van der Waals surface area contributed by atoms with Crippen molar-refractivity contribution in [2.75, 3.05) is 18.4 Å². The number of hydrogen-bond donors (Lipinski definition) is 1. The van der Waals surface area contributed by atoms with Crippen molar-refractivity contribution in [1.29, 1.82) is 0 Å². The SMILES string of the molecule is C[C@]1(Nc2nn3c(=O)ccnc3s2)CCN(C(=O)OCc2ccccc2)C1. The first-order valence-corrected chi connectivity index (χ1v) is 9.43. The number of hydrogen-bond acceptors (Lipinski definition) is 7. The van der Waals surface area contributed by atoms with Gasteiger partial charge in [-0.15, -0.1) is 5.10 Å². The highest BCUT2D eigenvalue weighted by atomic mass is 32.1. The van der Waals surface area contributed by atoms with Gasteiger partial charge >= 0.3 is 6.09 Å². The van der Waals surface area contributed by atoms with Crippen LogP contribution in [-0.4, -0.2) is 44.2 Å². The standard InChI is InChI=1S/C18H19N5O3S/c1-18(20-15-21-23-14(24)7-9-19-16(23)27-15)8-10-22(12-18)17(25)26-11-13-5-3-2-4-6-13/h2-7,9H,8,10-12H2,1H3,(H,20,21)/t18-/m0/s1. The van der Waals surface area contributed by atoms with E-state index in [1.807, 2.05) is 37.3 Å². The summed E-state index contributed by atoms with van der Waals surface area (Å²) in [5.41, 5.74) is 0.397. The second-order valence-electron chi connectivity index (χ2n) is 6.78. The van der Waals surface area contributed by atoms with Crippen LogP contribution in [0.5, 0.6) is 0 Å². The van der Waals surface area contributed by atoms with E-state index in [1.165, 1.54) is 28.1 Å². The van der Waals surface area contributed by atoms with Crippen molar-refractivity contribution in [3.63, 3.8) is 0 Å². The van der Waals surface area contributed by atoms with Gasteiger partial charge in [-0.3, -0.25) is 4.79 Å². The van der Waals surface area contributed by atoms with E-state index in [1.54, 1.807) is 4.90 Å². The van der Waals surface area contributed by atoms with Gasteiger partial charge in [-0.2, -0.15) is 4.52 Å². The van der Waals surface area contributed by atoms with Gasteiger partial charge in [-0.1, -0.05) is 41.7 Å². The monoisotopic (exact) mass is 385 g/mol. The van der Waals surface area contributed by atoms with Crippen LogP contribution in [0.2, 0.25) is 0 Å². The predicted molar refractivity (Wildman–Crippen MR) is 102 cm³/mol. The molecule has 4 rings (SSSR count). The fourth-order valence-corrected chi connectivity index (χ4v) is 4.01. The van der Waals surface area contributed by atoms with Gasteiger partial charge in [0.05, 0.1) is 5.54 Å². The first-order valence-electron chi connectivity index (χ1n) is 8.61. The number of nitrogens with one attached hydrogen (secondary N) is 1. The summed E-state index contributed by atoms with van der Waals surface area (Å²) in [6.45, 7) is 3.38. The summed E-state index contributed by atoms with van der Waals surface area (Å²) in [7, 11) is 0. The molecular formula is C18H19N5O3S. The Labute approximate surface area is 159 Å². The lowest BCUT2D eigenvalue weighted by Gasteiger charge is -2.25. The summed E-state index contributed by atoms with van der Waals surface area (Å²) in [5.74, 6) is 0. The van der Waals surface area contributed by atoms with Crippen LogP contribution in [0.15, 0.2) is 47.4 Å². The highest BCUT2D eigenvalue weighted by Crippen LogP contribution is 2.28. The summed E-state index contributed by atoms with van der Waals surface area (Å²) in [4.78, 5) is 30.5. The second-order valence-corrected chi connectivity index (χ2v) is 7.74. The van der Waals surface area contributed by atoms with Crippen molar-refractivity contribution in [1.82, 2.24) is 19.5 Å². The number of likely N-dealkylation sites (tertiary alicyclic amines) is 1. The van der Waals surface area contributed by atoms with Gasteiger partial charge < -0.3 is 15.0 Å². The zero-order chi connectivity index (χ0) is 18.9. The highest BCUT2D eigenvalue weighted by Gasteiger charge is 2.37. The first-order chi connectivity index (χ1) is 13.0. The molecule has 1 atom stereocenters. The lowest BCUT2D eigenvalue weighted by molar-refractivity contribution is 0.103. The predicted octanol–water partition coefficient (Wildman–Crippen LogP) is 2.36. The minimum atomic E-state index is -0.344. The number of amides is 1. The van der Waals surface area contributed by atoms with Crippen LogP contribution in [0, 0.1) is 0 Å². The average molecular weight is 385 g/mol. The molecule has 140 valence electrons. The molecule has 27 heavy (non-hydrogen) atoms. The van der Waals surface area contributed by atoms with Gasteiger partial charge in [-0.25, -0.2) is 9.78 Å². The molecule has 0 unspecified atom stereocenters. The molecule has 1 aliphatic rings. The van der Waals surface area contributed by atoms with Gasteiger partial charge in [-0.05, 0) is 18.9 Å². The number of ether oxygens (including phenoxy) is 1. The number of fused-ring (bicyclic) bond motifs is 1. The smallest absolute Gasteiger partial charge is 0.410 e. The minimum absolute atomic E-state index is 0.216. The van der Waals surface area contributed by atoms with E-state index in [0.717, 1.165) is 12.0 Å². The summed E-state index contributed by atoms with van der Waals surface area (Å²) in [5, 5.41) is 8.24. The maximum atomic E-state index is 12.4. The van der Waals surface area contributed by atoms with E-state index < -0.39 is 0 Å². The molecule has 1 amide bonds. The average Bonchev–Trinajstić information content (AvgIpc) is 3.25. The fourth-order valence-electron chi connectivity index (χ4n) is 3.08. The normalized spacial score (nSPS) is 19.4. The van der Waals surface area contributed by atoms with Crippen molar-refractivity contribution >= 4 is 27.5 Å². The molecule has 0 radical (unpaired) electrons. The molecule has 2 aromatic heterocycles. The Kier molecular flexibility index (Phi) is 4.53. The summed E-state index contributed by atoms with van der Waals surface area (Å²) in [6, 6.07) is 11.0. The lowest BCUT2D eigenvalue weighted by Crippen LogP contribution is -2.40. The number of nitrogens with zero attached hydrogens (tertiary/aromatic N) is 4. The topological polar surface area (TPSA) is 88.8 Å². The van der Waals surface area contributed by atoms with Crippen LogP contribution in [0.25, 0.3) is 4.96 Å². The Morgan fingerprint density at radius 1 is 1.33 bits per heavy atom. The zero-order valence-corrected chi connectivity index (χ0v) is 15.6. The quantitative estimate of drug-likeness (QED) is 0.742. The van der Waals surface area contributed by atoms with Crippen LogP contribution >= 0.6 is 11.3 Å². The minimum Gasteiger partial charge on any atom is -0.445 e. The van der Waals surface area contributed by atoms with Gasteiger partial charge in [0.15, 0.2) is 0 Å². The van der Waals surface area contributed by atoms with Crippen LogP contribution in [0.4, 0.5) is 9.93 Å². The third-order valence-electron chi connectivity index (χ3n) is 4.52. The summed E-state index contributed by atoms with van der Waals surface area (Å²) >= 11 is 1.31. The summed E-state index contributed by atoms with van der Waals surface area (Å²) in [6.07, 6.45) is 1.90. The molecule has 1 fully saturated rings. The molecule has 1 aliphatic heterocycles. The van der Waals surface area contributed by atoms with Gasteiger partial charge in [0.1, 0.15) is 6.61 Å². The van der Waals surface area contributed by atoms with Gasteiger partial charge in [0.2, 0.25) is 10.1 Å². The number of anilines is 1. The second kappa shape index (κ2) is 6.99. The van der Waals surface area contributed by atoms with Crippen molar-refractivity contribution in [2.45, 2.75) is 25.5 Å². The molecule has 0 bridgehead atoms. The van der Waals surface area contributed by atoms with Crippen molar-refractivity contribution in [2.24, 2.45) is 0 Å². The number of carbonyl (C=O) groups excluding carboxylic acids is 1. The maximum absolute atomic E-state index is 12.4. The highest BCUT2D eigenvalue weighted by molar-refractivity contribution is 7.20. The van der Waals surface area contributed by atoms with E-state index in [4.69, 9.17) is 4.74 Å². The third-order valence-corrected chi connectivity index (χ3v) is 5.35. The summed E-state index contributed by atoms with van der Waals surface area (Å²) < 4.78 is 6.69. The van der Waals surface area contributed by atoms with E-state index in [2.05, 4.69) is 15.4 Å². The molecule has 9 heteroatoms. The third kappa shape index (κ3) is 3.77. The Morgan fingerprint density at radius 3 is 2.93 bits per heavy atom. The van der Waals surface area contributed by atoms with Crippen molar-refractivity contribution in [3.8, 4) is 0 Å². The lowest BCUT2D eigenvalue weighted by atomic mass is 10.0. The van der Waals surface area contributed by atoms with E-state index >= 15 is 0 Å². The van der Waals surface area contributed by atoms with Crippen molar-refractivity contribution < 1.29 is 9.53 Å². The first kappa shape index (κ1) is 17.5. The molecule has 3 aromatic rings. The maximum Gasteiger partial charge on any atom is 0.410 e.